The second-order valence-corrected chi connectivity index (χ2v) is 5.02. The van der Waals surface area contributed by atoms with Gasteiger partial charge in [0.25, 0.3) is 0 Å². The van der Waals surface area contributed by atoms with E-state index in [2.05, 4.69) is 22.9 Å². The number of morpholine rings is 1. The summed E-state index contributed by atoms with van der Waals surface area (Å²) >= 11 is 7.62. The van der Waals surface area contributed by atoms with Crippen LogP contribution in [0.4, 0.5) is 5.69 Å². The maximum Gasteiger partial charge on any atom is 0.132 e. The lowest BCUT2D eigenvalue weighted by molar-refractivity contribution is 0.0989. The molecule has 2 rings (SSSR count). The van der Waals surface area contributed by atoms with Gasteiger partial charge in [0, 0.05) is 18.3 Å². The molecule has 1 fully saturated rings. The molecule has 1 aliphatic rings. The maximum atomic E-state index is 6.01. The molecule has 0 aliphatic carbocycles. The van der Waals surface area contributed by atoms with E-state index in [4.69, 9.17) is 16.3 Å². The summed E-state index contributed by atoms with van der Waals surface area (Å²) < 4.78 is 5.42. The summed E-state index contributed by atoms with van der Waals surface area (Å²) in [6, 6.07) is 4.39. The first-order valence-electron chi connectivity index (χ1n) is 5.26. The van der Waals surface area contributed by atoms with Gasteiger partial charge < -0.3 is 9.64 Å². The normalized spacial score (nSPS) is 21.2. The third-order valence-corrected chi connectivity index (χ3v) is 3.48. The van der Waals surface area contributed by atoms with Crippen molar-refractivity contribution in [3.63, 3.8) is 0 Å². The van der Waals surface area contributed by atoms with Gasteiger partial charge in [-0.2, -0.15) is 0 Å². The number of hydrogen-bond donors (Lipinski definition) is 0. The summed E-state index contributed by atoms with van der Waals surface area (Å²) in [5.41, 5.74) is 1.14. The van der Waals surface area contributed by atoms with E-state index in [1.54, 1.807) is 11.8 Å². The molecule has 5 heteroatoms. The Labute approximate surface area is 105 Å². The van der Waals surface area contributed by atoms with Crippen molar-refractivity contribution in [2.75, 3.05) is 30.9 Å². The molecule has 0 spiro atoms. The number of nitrogens with zero attached hydrogens (tertiary/aromatic N) is 2. The number of aromatic nitrogens is 1. The van der Waals surface area contributed by atoms with Crippen LogP contribution in [0.1, 0.15) is 6.92 Å². The third-order valence-electron chi connectivity index (χ3n) is 2.66. The fraction of sp³-hybridized carbons (Fsp3) is 0.545. The first-order chi connectivity index (χ1) is 7.70. The van der Waals surface area contributed by atoms with Gasteiger partial charge >= 0.3 is 0 Å². The lowest BCUT2D eigenvalue weighted by Crippen LogP contribution is -2.43. The Kier molecular flexibility index (Phi) is 3.95. The summed E-state index contributed by atoms with van der Waals surface area (Å²) in [6.45, 7) is 4.62. The zero-order valence-electron chi connectivity index (χ0n) is 9.44. The molecule has 0 bridgehead atoms. The van der Waals surface area contributed by atoms with Gasteiger partial charge in [-0.3, -0.25) is 0 Å². The third kappa shape index (κ3) is 2.62. The number of rotatable bonds is 2. The molecule has 0 amide bonds. The van der Waals surface area contributed by atoms with Crippen molar-refractivity contribution in [2.45, 2.75) is 18.0 Å². The minimum Gasteiger partial charge on any atom is -0.377 e. The van der Waals surface area contributed by atoms with Crippen molar-refractivity contribution < 1.29 is 4.74 Å². The monoisotopic (exact) mass is 258 g/mol. The highest BCUT2D eigenvalue weighted by molar-refractivity contribution is 7.98. The van der Waals surface area contributed by atoms with E-state index in [1.807, 2.05) is 12.3 Å². The van der Waals surface area contributed by atoms with Crippen LogP contribution in [0.15, 0.2) is 17.2 Å². The average Bonchev–Trinajstić information content (AvgIpc) is 2.28. The van der Waals surface area contributed by atoms with Crippen LogP contribution in [0.5, 0.6) is 0 Å². The van der Waals surface area contributed by atoms with Crippen LogP contribution in [0.3, 0.4) is 0 Å². The molecule has 2 heterocycles. The van der Waals surface area contributed by atoms with Gasteiger partial charge in [-0.25, -0.2) is 4.98 Å². The van der Waals surface area contributed by atoms with Crippen molar-refractivity contribution in [1.29, 1.82) is 0 Å². The standard InChI is InChI=1S/C11H15ClN2OS/c1-8-7-15-4-3-14(8)9-5-10(12)13-11(6-9)16-2/h5-6,8H,3-4,7H2,1-2H3. The lowest BCUT2D eigenvalue weighted by atomic mass is 10.2. The summed E-state index contributed by atoms with van der Waals surface area (Å²) in [5.74, 6) is 0. The van der Waals surface area contributed by atoms with Crippen LogP contribution >= 0.6 is 23.4 Å². The van der Waals surface area contributed by atoms with Crippen molar-refractivity contribution in [1.82, 2.24) is 4.98 Å². The Hall–Kier alpha value is -0.450. The summed E-state index contributed by atoms with van der Waals surface area (Å²) in [6.07, 6.45) is 2.01. The number of thioether (sulfide) groups is 1. The van der Waals surface area contributed by atoms with Crippen LogP contribution < -0.4 is 4.90 Å². The van der Waals surface area contributed by atoms with Gasteiger partial charge in [0.1, 0.15) is 5.15 Å². The largest absolute Gasteiger partial charge is 0.377 e. The molecular weight excluding hydrogens is 244 g/mol. The Morgan fingerprint density at radius 1 is 1.56 bits per heavy atom. The predicted octanol–water partition coefficient (Wildman–Crippen LogP) is 2.68. The molecular formula is C11H15ClN2OS. The average molecular weight is 259 g/mol. The van der Waals surface area contributed by atoms with E-state index in [0.717, 1.165) is 30.5 Å². The zero-order chi connectivity index (χ0) is 11.5. The van der Waals surface area contributed by atoms with Crippen molar-refractivity contribution in [2.24, 2.45) is 0 Å². The number of ether oxygens (including phenoxy) is 1. The lowest BCUT2D eigenvalue weighted by Gasteiger charge is -2.35. The molecule has 3 nitrogen and oxygen atoms in total. The molecule has 16 heavy (non-hydrogen) atoms. The quantitative estimate of drug-likeness (QED) is 0.602. The Morgan fingerprint density at radius 2 is 2.38 bits per heavy atom. The van der Waals surface area contributed by atoms with Gasteiger partial charge in [-0.1, -0.05) is 11.6 Å². The van der Waals surface area contributed by atoms with Gasteiger partial charge in [0.05, 0.1) is 18.2 Å². The summed E-state index contributed by atoms with van der Waals surface area (Å²) in [7, 11) is 0. The van der Waals surface area contributed by atoms with Crippen LogP contribution in [0.25, 0.3) is 0 Å². The maximum absolute atomic E-state index is 6.01. The molecule has 0 aromatic carbocycles. The second kappa shape index (κ2) is 5.25. The van der Waals surface area contributed by atoms with Gasteiger partial charge in [-0.15, -0.1) is 11.8 Å². The Morgan fingerprint density at radius 3 is 3.06 bits per heavy atom. The number of halogens is 1. The fourth-order valence-electron chi connectivity index (χ4n) is 1.84. The minimum atomic E-state index is 0.391. The molecule has 0 saturated carbocycles. The molecule has 1 unspecified atom stereocenters. The summed E-state index contributed by atoms with van der Waals surface area (Å²) in [4.78, 5) is 6.56. The zero-order valence-corrected chi connectivity index (χ0v) is 11.0. The van der Waals surface area contributed by atoms with Crippen LogP contribution in [-0.2, 0) is 4.74 Å². The Balaban J connectivity index is 2.27. The van der Waals surface area contributed by atoms with Crippen LogP contribution in [-0.4, -0.2) is 37.0 Å². The van der Waals surface area contributed by atoms with Crippen molar-refractivity contribution >= 4 is 29.1 Å². The molecule has 1 aliphatic heterocycles. The molecule has 1 saturated heterocycles. The highest BCUT2D eigenvalue weighted by atomic mass is 35.5. The minimum absolute atomic E-state index is 0.391. The van der Waals surface area contributed by atoms with Crippen molar-refractivity contribution in [3.8, 4) is 0 Å². The van der Waals surface area contributed by atoms with Gasteiger partial charge in [0.15, 0.2) is 0 Å². The molecule has 0 N–H and O–H groups in total. The van der Waals surface area contributed by atoms with E-state index in [-0.39, 0.29) is 0 Å². The predicted molar refractivity (Wildman–Crippen MR) is 68.7 cm³/mol. The fourth-order valence-corrected chi connectivity index (χ4v) is 2.52. The molecule has 0 radical (unpaired) electrons. The van der Waals surface area contributed by atoms with Crippen LogP contribution in [0, 0.1) is 0 Å². The van der Waals surface area contributed by atoms with E-state index >= 15 is 0 Å². The highest BCUT2D eigenvalue weighted by Crippen LogP contribution is 2.26. The highest BCUT2D eigenvalue weighted by Gasteiger charge is 2.19. The molecule has 88 valence electrons. The summed E-state index contributed by atoms with van der Waals surface area (Å²) in [5, 5.41) is 1.52. The molecule has 1 aromatic heterocycles. The van der Waals surface area contributed by atoms with E-state index < -0.39 is 0 Å². The topological polar surface area (TPSA) is 25.4 Å². The molecule has 1 aromatic rings. The van der Waals surface area contributed by atoms with E-state index in [1.165, 1.54) is 0 Å². The SMILES string of the molecule is CSc1cc(N2CCOCC2C)cc(Cl)n1. The molecule has 1 atom stereocenters. The van der Waals surface area contributed by atoms with Gasteiger partial charge in [0.2, 0.25) is 0 Å². The number of pyridine rings is 1. The van der Waals surface area contributed by atoms with Gasteiger partial charge in [-0.05, 0) is 25.3 Å². The first kappa shape index (κ1) is 12.0. The number of hydrogen-bond acceptors (Lipinski definition) is 4. The Bertz CT molecular complexity index is 375. The smallest absolute Gasteiger partial charge is 0.132 e. The van der Waals surface area contributed by atoms with Crippen molar-refractivity contribution in [3.05, 3.63) is 17.3 Å². The van der Waals surface area contributed by atoms with E-state index in [9.17, 15) is 0 Å². The van der Waals surface area contributed by atoms with E-state index in [0.29, 0.717) is 11.2 Å². The van der Waals surface area contributed by atoms with Crippen LogP contribution in [0.2, 0.25) is 5.15 Å². The second-order valence-electron chi connectivity index (χ2n) is 3.81. The first-order valence-corrected chi connectivity index (χ1v) is 6.87. The number of anilines is 1.